The molecule has 0 bridgehead atoms. The molecule has 2 aromatic carbocycles. The van der Waals surface area contributed by atoms with Crippen LogP contribution < -0.4 is 4.90 Å². The van der Waals surface area contributed by atoms with E-state index in [-0.39, 0.29) is 6.42 Å². The molecule has 0 aromatic heterocycles. The van der Waals surface area contributed by atoms with Crippen molar-refractivity contribution in [1.29, 1.82) is 0 Å². The Hall–Kier alpha value is -2.29. The van der Waals surface area contributed by atoms with E-state index in [2.05, 4.69) is 56.0 Å². The molecule has 0 spiro atoms. The van der Waals surface area contributed by atoms with Crippen LogP contribution in [-0.4, -0.2) is 17.6 Å². The molecule has 120 valence electrons. The maximum Gasteiger partial charge on any atom is 0.307 e. The van der Waals surface area contributed by atoms with Crippen molar-refractivity contribution < 1.29 is 9.90 Å². The minimum Gasteiger partial charge on any atom is -0.481 e. The molecule has 1 aliphatic rings. The van der Waals surface area contributed by atoms with E-state index in [1.807, 2.05) is 6.07 Å². The Labute approximate surface area is 137 Å². The average Bonchev–Trinajstić information content (AvgIpc) is 2.78. The first kappa shape index (κ1) is 15.6. The number of carboxylic acids is 1. The molecule has 23 heavy (non-hydrogen) atoms. The molecule has 3 rings (SSSR count). The summed E-state index contributed by atoms with van der Waals surface area (Å²) in [4.78, 5) is 13.4. The molecule has 2 aromatic rings. The Morgan fingerprint density at radius 3 is 2.57 bits per heavy atom. The van der Waals surface area contributed by atoms with Crippen molar-refractivity contribution in [3.63, 3.8) is 0 Å². The molecule has 0 saturated carbocycles. The van der Waals surface area contributed by atoms with Gasteiger partial charge in [0.25, 0.3) is 0 Å². The Bertz CT molecular complexity index is 731. The highest BCUT2D eigenvalue weighted by Crippen LogP contribution is 2.38. The fourth-order valence-corrected chi connectivity index (χ4v) is 3.53. The zero-order valence-corrected chi connectivity index (χ0v) is 14.0. The molecule has 3 nitrogen and oxygen atoms in total. The standard InChI is InChI=1S/C20H23NO2/c1-13-5-4-6-14(2)18(13)12-21-11-15(3)17-8-7-16(9-19(17)21)10-20(22)23/h4-9,15H,10-12H2,1-3H3,(H,22,23)/t15-/m1/s1. The predicted molar refractivity (Wildman–Crippen MR) is 93.2 cm³/mol. The third-order valence-electron chi connectivity index (χ3n) is 4.81. The molecule has 0 aliphatic carbocycles. The first-order chi connectivity index (χ1) is 11.0. The quantitative estimate of drug-likeness (QED) is 0.926. The van der Waals surface area contributed by atoms with Crippen molar-refractivity contribution in [2.45, 2.75) is 39.7 Å². The second-order valence-electron chi connectivity index (χ2n) is 6.62. The third-order valence-corrected chi connectivity index (χ3v) is 4.81. The van der Waals surface area contributed by atoms with Gasteiger partial charge in [0.1, 0.15) is 0 Å². The van der Waals surface area contributed by atoms with E-state index in [1.165, 1.54) is 27.9 Å². The monoisotopic (exact) mass is 309 g/mol. The van der Waals surface area contributed by atoms with Gasteiger partial charge in [0, 0.05) is 24.7 Å². The second kappa shape index (κ2) is 6.07. The number of hydrogen-bond donors (Lipinski definition) is 1. The third kappa shape index (κ3) is 3.09. The zero-order chi connectivity index (χ0) is 16.6. The summed E-state index contributed by atoms with van der Waals surface area (Å²) < 4.78 is 0. The normalized spacial score (nSPS) is 16.5. The van der Waals surface area contributed by atoms with Crippen LogP contribution in [0.2, 0.25) is 0 Å². The number of benzene rings is 2. The summed E-state index contributed by atoms with van der Waals surface area (Å²) >= 11 is 0. The minimum absolute atomic E-state index is 0.0822. The molecule has 0 unspecified atom stereocenters. The fraction of sp³-hybridized carbons (Fsp3) is 0.350. The molecule has 1 atom stereocenters. The van der Waals surface area contributed by atoms with Gasteiger partial charge in [-0.05, 0) is 47.7 Å². The average molecular weight is 309 g/mol. The van der Waals surface area contributed by atoms with Gasteiger partial charge in [0.15, 0.2) is 0 Å². The lowest BCUT2D eigenvalue weighted by molar-refractivity contribution is -0.136. The highest BCUT2D eigenvalue weighted by atomic mass is 16.4. The van der Waals surface area contributed by atoms with Gasteiger partial charge >= 0.3 is 5.97 Å². The molecule has 1 heterocycles. The molecule has 3 heteroatoms. The van der Waals surface area contributed by atoms with Crippen LogP contribution in [0, 0.1) is 13.8 Å². The summed E-state index contributed by atoms with van der Waals surface area (Å²) in [7, 11) is 0. The Balaban J connectivity index is 1.93. The van der Waals surface area contributed by atoms with E-state index in [9.17, 15) is 4.79 Å². The van der Waals surface area contributed by atoms with Crippen LogP contribution in [0.15, 0.2) is 36.4 Å². The van der Waals surface area contributed by atoms with Crippen molar-refractivity contribution in [3.8, 4) is 0 Å². The number of carbonyl (C=O) groups is 1. The van der Waals surface area contributed by atoms with Gasteiger partial charge in [0.2, 0.25) is 0 Å². The summed E-state index contributed by atoms with van der Waals surface area (Å²) in [5, 5.41) is 9.03. The number of rotatable bonds is 4. The molecule has 0 saturated heterocycles. The highest BCUT2D eigenvalue weighted by molar-refractivity contribution is 5.72. The van der Waals surface area contributed by atoms with Gasteiger partial charge < -0.3 is 10.0 Å². The second-order valence-corrected chi connectivity index (χ2v) is 6.62. The van der Waals surface area contributed by atoms with E-state index in [4.69, 9.17) is 5.11 Å². The maximum absolute atomic E-state index is 11.0. The summed E-state index contributed by atoms with van der Waals surface area (Å²) in [6.07, 6.45) is 0.0822. The molecular weight excluding hydrogens is 286 g/mol. The van der Waals surface area contributed by atoms with Crippen LogP contribution in [0.3, 0.4) is 0 Å². The smallest absolute Gasteiger partial charge is 0.307 e. The van der Waals surface area contributed by atoms with Gasteiger partial charge in [0.05, 0.1) is 6.42 Å². The van der Waals surface area contributed by atoms with Crippen LogP contribution >= 0.6 is 0 Å². The number of nitrogens with zero attached hydrogens (tertiary/aromatic N) is 1. The van der Waals surface area contributed by atoms with Crippen molar-refractivity contribution in [3.05, 3.63) is 64.2 Å². The lowest BCUT2D eigenvalue weighted by Gasteiger charge is -2.22. The first-order valence-electron chi connectivity index (χ1n) is 8.10. The SMILES string of the molecule is Cc1cccc(C)c1CN1C[C@@H](C)c2ccc(CC(=O)O)cc21. The number of hydrogen-bond acceptors (Lipinski definition) is 2. The topological polar surface area (TPSA) is 40.5 Å². The van der Waals surface area contributed by atoms with Crippen LogP contribution in [0.1, 0.15) is 40.7 Å². The summed E-state index contributed by atoms with van der Waals surface area (Å²) in [5.41, 5.74) is 7.39. The van der Waals surface area contributed by atoms with Crippen molar-refractivity contribution in [2.24, 2.45) is 0 Å². The van der Waals surface area contributed by atoms with E-state index >= 15 is 0 Å². The number of carboxylic acid groups (broad SMARTS) is 1. The lowest BCUT2D eigenvalue weighted by Crippen LogP contribution is -2.22. The van der Waals surface area contributed by atoms with Crippen molar-refractivity contribution in [1.82, 2.24) is 0 Å². The minimum atomic E-state index is -0.780. The van der Waals surface area contributed by atoms with Gasteiger partial charge in [-0.1, -0.05) is 37.3 Å². The summed E-state index contributed by atoms with van der Waals surface area (Å²) in [6, 6.07) is 12.5. The van der Waals surface area contributed by atoms with E-state index in [1.54, 1.807) is 0 Å². The Morgan fingerprint density at radius 2 is 1.91 bits per heavy atom. The van der Waals surface area contributed by atoms with Gasteiger partial charge in [-0.3, -0.25) is 4.79 Å². The van der Waals surface area contributed by atoms with E-state index in [0.29, 0.717) is 5.92 Å². The van der Waals surface area contributed by atoms with Crippen LogP contribution in [0.25, 0.3) is 0 Å². The van der Waals surface area contributed by atoms with Crippen molar-refractivity contribution in [2.75, 3.05) is 11.4 Å². The summed E-state index contributed by atoms with van der Waals surface area (Å²) in [5.74, 6) is -0.300. The molecule has 1 aliphatic heterocycles. The summed E-state index contributed by atoms with van der Waals surface area (Å²) in [6.45, 7) is 8.42. The van der Waals surface area contributed by atoms with Crippen molar-refractivity contribution >= 4 is 11.7 Å². The van der Waals surface area contributed by atoms with E-state index in [0.717, 1.165) is 18.7 Å². The Morgan fingerprint density at radius 1 is 1.22 bits per heavy atom. The fourth-order valence-electron chi connectivity index (χ4n) is 3.53. The van der Waals surface area contributed by atoms with Gasteiger partial charge in [-0.15, -0.1) is 0 Å². The zero-order valence-electron chi connectivity index (χ0n) is 14.0. The lowest BCUT2D eigenvalue weighted by atomic mass is 10.0. The number of aryl methyl sites for hydroxylation is 2. The molecular formula is C20H23NO2. The molecule has 0 amide bonds. The molecule has 0 radical (unpaired) electrons. The highest BCUT2D eigenvalue weighted by Gasteiger charge is 2.26. The largest absolute Gasteiger partial charge is 0.481 e. The Kier molecular flexibility index (Phi) is 4.12. The van der Waals surface area contributed by atoms with Crippen LogP contribution in [0.5, 0.6) is 0 Å². The van der Waals surface area contributed by atoms with Gasteiger partial charge in [-0.2, -0.15) is 0 Å². The number of aliphatic carboxylic acids is 1. The number of anilines is 1. The maximum atomic E-state index is 11.0. The molecule has 0 fully saturated rings. The van der Waals surface area contributed by atoms with Crippen LogP contribution in [-0.2, 0) is 17.8 Å². The first-order valence-corrected chi connectivity index (χ1v) is 8.10. The van der Waals surface area contributed by atoms with Gasteiger partial charge in [-0.25, -0.2) is 0 Å². The van der Waals surface area contributed by atoms with E-state index < -0.39 is 5.97 Å². The molecule has 1 N–H and O–H groups in total. The predicted octanol–water partition coefficient (Wildman–Crippen LogP) is 4.05. The van der Waals surface area contributed by atoms with Crippen LogP contribution in [0.4, 0.5) is 5.69 Å². The number of fused-ring (bicyclic) bond motifs is 1.